The topological polar surface area (TPSA) is 50.5 Å². The molecule has 4 nitrogen and oxygen atoms in total. The first kappa shape index (κ1) is 16.0. The molecule has 0 aromatic carbocycles. The first-order valence-corrected chi connectivity index (χ1v) is 8.81. The molecule has 3 rings (SSSR count). The van der Waals surface area contributed by atoms with Gasteiger partial charge in [-0.15, -0.1) is 11.3 Å². The van der Waals surface area contributed by atoms with Gasteiger partial charge in [-0.1, -0.05) is 0 Å². The molecule has 0 spiro atoms. The maximum atomic E-state index is 12.6. The Bertz CT molecular complexity index is 743. The van der Waals surface area contributed by atoms with Crippen molar-refractivity contribution < 1.29 is 14.0 Å². The van der Waals surface area contributed by atoms with E-state index in [0.717, 1.165) is 13.0 Å². The number of nitrogens with zero attached hydrogens (tertiary/aromatic N) is 1. The lowest BCUT2D eigenvalue weighted by molar-refractivity contribution is -0.133. The molecule has 1 atom stereocenters. The van der Waals surface area contributed by atoms with Crippen molar-refractivity contribution in [3.63, 3.8) is 0 Å². The largest absolute Gasteiger partial charge is 0.466 e. The van der Waals surface area contributed by atoms with E-state index in [1.54, 1.807) is 24.3 Å². The van der Waals surface area contributed by atoms with Crippen LogP contribution in [-0.2, 0) is 17.6 Å². The van der Waals surface area contributed by atoms with Crippen LogP contribution < -0.4 is 0 Å². The van der Waals surface area contributed by atoms with Gasteiger partial charge in [0.1, 0.15) is 11.5 Å². The number of rotatable bonds is 4. The fraction of sp³-hybridized carbons (Fsp3) is 0.444. The molecule has 0 fully saturated rings. The van der Waals surface area contributed by atoms with E-state index in [2.05, 4.69) is 18.4 Å². The molecule has 1 aliphatic rings. The highest BCUT2D eigenvalue weighted by Crippen LogP contribution is 2.33. The third-order valence-corrected chi connectivity index (χ3v) is 5.53. The van der Waals surface area contributed by atoms with Gasteiger partial charge in [0.05, 0.1) is 11.6 Å². The second kappa shape index (κ2) is 6.32. The summed E-state index contributed by atoms with van der Waals surface area (Å²) in [6, 6.07) is 4.03. The standard InChI is InChI=1S/C18H21NO3S/c1-11-15-7-9-23-17(15)6-8-19(11)18(21)5-4-14-10-16(12(2)20)13(3)22-14/h7,9-11H,4-6,8H2,1-3H3/t11-/m1/s1. The van der Waals surface area contributed by atoms with E-state index in [1.165, 1.54) is 17.4 Å². The van der Waals surface area contributed by atoms with Gasteiger partial charge in [0.2, 0.25) is 5.91 Å². The van der Waals surface area contributed by atoms with Crippen molar-refractivity contribution in [1.82, 2.24) is 4.90 Å². The minimum absolute atomic E-state index is 0.00142. The summed E-state index contributed by atoms with van der Waals surface area (Å²) in [4.78, 5) is 27.4. The zero-order chi connectivity index (χ0) is 16.6. The maximum Gasteiger partial charge on any atom is 0.223 e. The highest BCUT2D eigenvalue weighted by atomic mass is 32.1. The Kier molecular flexibility index (Phi) is 4.39. The predicted octanol–water partition coefficient (Wildman–Crippen LogP) is 3.93. The third kappa shape index (κ3) is 3.11. The Morgan fingerprint density at radius 3 is 2.91 bits per heavy atom. The molecule has 1 aliphatic heterocycles. The Labute approximate surface area is 140 Å². The Balaban J connectivity index is 1.64. The molecule has 122 valence electrons. The molecule has 0 radical (unpaired) electrons. The number of amides is 1. The number of Topliss-reactive ketones (excluding diaryl/α,β-unsaturated/α-hetero) is 1. The molecule has 0 unspecified atom stereocenters. The van der Waals surface area contributed by atoms with Gasteiger partial charge in [-0.3, -0.25) is 9.59 Å². The normalized spacial score (nSPS) is 17.2. The lowest BCUT2D eigenvalue weighted by atomic mass is 10.0. The third-order valence-electron chi connectivity index (χ3n) is 4.53. The van der Waals surface area contributed by atoms with Crippen molar-refractivity contribution in [3.8, 4) is 0 Å². The van der Waals surface area contributed by atoms with E-state index in [0.29, 0.717) is 29.9 Å². The van der Waals surface area contributed by atoms with Gasteiger partial charge in [-0.25, -0.2) is 0 Å². The van der Waals surface area contributed by atoms with Gasteiger partial charge in [-0.05, 0) is 50.3 Å². The minimum atomic E-state index is -0.00142. The molecule has 0 N–H and O–H groups in total. The molecule has 2 aromatic heterocycles. The van der Waals surface area contributed by atoms with Crippen molar-refractivity contribution in [2.45, 2.75) is 46.1 Å². The van der Waals surface area contributed by atoms with Crippen LogP contribution in [0.1, 0.15) is 58.6 Å². The van der Waals surface area contributed by atoms with Crippen molar-refractivity contribution in [2.75, 3.05) is 6.54 Å². The molecule has 5 heteroatoms. The SMILES string of the molecule is CC(=O)c1cc(CCC(=O)N2CCc3sccc3[C@H]2C)oc1C. The number of fused-ring (bicyclic) bond motifs is 1. The fourth-order valence-electron chi connectivity index (χ4n) is 3.24. The van der Waals surface area contributed by atoms with Crippen LogP contribution in [0.2, 0.25) is 0 Å². The molecule has 0 aliphatic carbocycles. The van der Waals surface area contributed by atoms with Gasteiger partial charge in [-0.2, -0.15) is 0 Å². The quantitative estimate of drug-likeness (QED) is 0.798. The molecule has 23 heavy (non-hydrogen) atoms. The first-order valence-electron chi connectivity index (χ1n) is 7.93. The second-order valence-corrected chi connectivity index (χ2v) is 7.05. The van der Waals surface area contributed by atoms with Crippen LogP contribution in [0, 0.1) is 6.92 Å². The molecule has 3 heterocycles. The van der Waals surface area contributed by atoms with Crippen molar-refractivity contribution >= 4 is 23.0 Å². The highest BCUT2D eigenvalue weighted by molar-refractivity contribution is 7.10. The van der Waals surface area contributed by atoms with E-state index < -0.39 is 0 Å². The van der Waals surface area contributed by atoms with Gasteiger partial charge >= 0.3 is 0 Å². The van der Waals surface area contributed by atoms with Crippen LogP contribution in [0.15, 0.2) is 21.9 Å². The molecule has 2 aromatic rings. The summed E-state index contributed by atoms with van der Waals surface area (Å²) < 4.78 is 5.59. The number of hydrogen-bond donors (Lipinski definition) is 0. The number of carbonyl (C=O) groups is 2. The summed E-state index contributed by atoms with van der Waals surface area (Å²) >= 11 is 1.78. The molecule has 0 saturated heterocycles. The average molecular weight is 331 g/mol. The number of thiophene rings is 1. The average Bonchev–Trinajstić information content (AvgIpc) is 3.12. The van der Waals surface area contributed by atoms with Gasteiger partial charge < -0.3 is 9.32 Å². The summed E-state index contributed by atoms with van der Waals surface area (Å²) in [6.45, 7) is 6.18. The van der Waals surface area contributed by atoms with Crippen LogP contribution in [0.5, 0.6) is 0 Å². The van der Waals surface area contributed by atoms with Crippen LogP contribution in [0.4, 0.5) is 0 Å². The van der Waals surface area contributed by atoms with E-state index in [9.17, 15) is 9.59 Å². The first-order chi connectivity index (χ1) is 11.0. The summed E-state index contributed by atoms with van der Waals surface area (Å²) in [5, 5.41) is 2.10. The number of ketones is 1. The molecule has 0 saturated carbocycles. The van der Waals surface area contributed by atoms with Crippen LogP contribution in [0.25, 0.3) is 0 Å². The summed E-state index contributed by atoms with van der Waals surface area (Å²) in [6.07, 6.45) is 1.89. The smallest absolute Gasteiger partial charge is 0.223 e. The van der Waals surface area contributed by atoms with Crippen LogP contribution in [-0.4, -0.2) is 23.1 Å². The number of hydrogen-bond acceptors (Lipinski definition) is 4. The van der Waals surface area contributed by atoms with E-state index >= 15 is 0 Å². The van der Waals surface area contributed by atoms with E-state index in [1.807, 2.05) is 4.90 Å². The van der Waals surface area contributed by atoms with Crippen molar-refractivity contribution in [3.05, 3.63) is 45.0 Å². The maximum absolute atomic E-state index is 12.6. The highest BCUT2D eigenvalue weighted by Gasteiger charge is 2.28. The van der Waals surface area contributed by atoms with E-state index in [4.69, 9.17) is 4.42 Å². The van der Waals surface area contributed by atoms with Gasteiger partial charge in [0.15, 0.2) is 5.78 Å². The van der Waals surface area contributed by atoms with E-state index in [-0.39, 0.29) is 17.7 Å². The van der Waals surface area contributed by atoms with Crippen LogP contribution in [0.3, 0.4) is 0 Å². The van der Waals surface area contributed by atoms with Crippen molar-refractivity contribution in [1.29, 1.82) is 0 Å². The Morgan fingerprint density at radius 1 is 1.43 bits per heavy atom. The van der Waals surface area contributed by atoms with Gasteiger partial charge in [0.25, 0.3) is 0 Å². The molecule has 1 amide bonds. The zero-order valence-electron chi connectivity index (χ0n) is 13.7. The summed E-state index contributed by atoms with van der Waals surface area (Å²) in [5.41, 5.74) is 1.89. The Morgan fingerprint density at radius 2 is 2.22 bits per heavy atom. The summed E-state index contributed by atoms with van der Waals surface area (Å²) in [5.74, 6) is 1.49. The van der Waals surface area contributed by atoms with Gasteiger partial charge in [0, 0.05) is 24.3 Å². The second-order valence-electron chi connectivity index (χ2n) is 6.05. The van der Waals surface area contributed by atoms with Crippen LogP contribution >= 0.6 is 11.3 Å². The summed E-state index contributed by atoms with van der Waals surface area (Å²) in [7, 11) is 0. The van der Waals surface area contributed by atoms with Crippen molar-refractivity contribution in [2.24, 2.45) is 0 Å². The minimum Gasteiger partial charge on any atom is -0.466 e. The predicted molar refractivity (Wildman–Crippen MR) is 89.9 cm³/mol. The molecular formula is C18H21NO3S. The monoisotopic (exact) mass is 331 g/mol. The number of furan rings is 1. The Hall–Kier alpha value is -1.88. The lowest BCUT2D eigenvalue weighted by Gasteiger charge is -2.33. The zero-order valence-corrected chi connectivity index (χ0v) is 14.5. The number of carbonyl (C=O) groups excluding carboxylic acids is 2. The molecular weight excluding hydrogens is 310 g/mol. The molecule has 0 bridgehead atoms. The fourth-order valence-corrected chi connectivity index (χ4v) is 4.20. The number of aryl methyl sites for hydroxylation is 2. The lowest BCUT2D eigenvalue weighted by Crippen LogP contribution is -2.38.